The molecule has 2 heterocycles. The topological polar surface area (TPSA) is 83.1 Å². The van der Waals surface area contributed by atoms with Crippen molar-refractivity contribution in [2.45, 2.75) is 4.90 Å². The van der Waals surface area contributed by atoms with Gasteiger partial charge in [0.05, 0.1) is 16.6 Å². The smallest absolute Gasteiger partial charge is 0.242 e. The van der Waals surface area contributed by atoms with Crippen molar-refractivity contribution in [1.29, 1.82) is 0 Å². The van der Waals surface area contributed by atoms with E-state index < -0.39 is 10.0 Å². The van der Waals surface area contributed by atoms with E-state index in [2.05, 4.69) is 9.97 Å². The number of nitrogens with zero attached hydrogens (tertiary/aromatic N) is 2. The van der Waals surface area contributed by atoms with Gasteiger partial charge in [0.15, 0.2) is 6.29 Å². The minimum Gasteiger partial charge on any atom is -0.353 e. The van der Waals surface area contributed by atoms with Crippen molar-refractivity contribution in [2.24, 2.45) is 0 Å². The number of hydrogen-bond donors (Lipinski definition) is 1. The molecule has 0 amide bonds. The Morgan fingerprint density at radius 2 is 1.86 bits per heavy atom. The molecule has 3 aromatic rings. The number of pyridine rings is 1. The van der Waals surface area contributed by atoms with E-state index in [4.69, 9.17) is 0 Å². The van der Waals surface area contributed by atoms with E-state index in [1.807, 2.05) is 0 Å². The number of rotatable bonds is 3. The van der Waals surface area contributed by atoms with Gasteiger partial charge in [-0.25, -0.2) is 12.7 Å². The molecule has 108 valence electrons. The van der Waals surface area contributed by atoms with Crippen LogP contribution in [-0.4, -0.2) is 43.1 Å². The molecule has 0 spiro atoms. The van der Waals surface area contributed by atoms with E-state index in [0.717, 1.165) is 21.8 Å². The average molecular weight is 303 g/mol. The minimum atomic E-state index is -3.50. The standard InChI is InChI=1S/C14H13N3O3S/c1-17(2)21(19,20)10-3-4-13-12(6-10)11-5-9(8-18)15-7-14(11)16-13/h3-8,16H,1-2H3. The van der Waals surface area contributed by atoms with Crippen LogP contribution in [0.25, 0.3) is 21.8 Å². The summed E-state index contributed by atoms with van der Waals surface area (Å²) in [7, 11) is -0.518. The maximum Gasteiger partial charge on any atom is 0.242 e. The molecule has 0 atom stereocenters. The molecule has 1 N–H and O–H groups in total. The van der Waals surface area contributed by atoms with Crippen molar-refractivity contribution in [1.82, 2.24) is 14.3 Å². The molecule has 0 aliphatic carbocycles. The lowest BCUT2D eigenvalue weighted by molar-refractivity contribution is 0.111. The van der Waals surface area contributed by atoms with Crippen LogP contribution < -0.4 is 0 Å². The van der Waals surface area contributed by atoms with Gasteiger partial charge in [0.25, 0.3) is 0 Å². The van der Waals surface area contributed by atoms with Crippen LogP contribution in [0.3, 0.4) is 0 Å². The van der Waals surface area contributed by atoms with Crippen LogP contribution in [0.15, 0.2) is 35.4 Å². The molecular weight excluding hydrogens is 290 g/mol. The predicted molar refractivity (Wildman–Crippen MR) is 79.9 cm³/mol. The Balaban J connectivity index is 2.34. The molecular formula is C14H13N3O3S. The lowest BCUT2D eigenvalue weighted by Crippen LogP contribution is -2.22. The molecule has 3 rings (SSSR count). The quantitative estimate of drug-likeness (QED) is 0.748. The lowest BCUT2D eigenvalue weighted by Gasteiger charge is -2.11. The Morgan fingerprint density at radius 3 is 2.52 bits per heavy atom. The Labute approximate surface area is 121 Å². The number of aldehydes is 1. The van der Waals surface area contributed by atoms with Gasteiger partial charge in [-0.05, 0) is 24.3 Å². The summed E-state index contributed by atoms with van der Waals surface area (Å²) in [5.74, 6) is 0. The highest BCUT2D eigenvalue weighted by molar-refractivity contribution is 7.89. The number of carbonyl (C=O) groups excluding carboxylic acids is 1. The fourth-order valence-corrected chi connectivity index (χ4v) is 3.16. The Kier molecular flexibility index (Phi) is 3.03. The number of H-pyrrole nitrogens is 1. The van der Waals surface area contributed by atoms with Crippen molar-refractivity contribution in [3.63, 3.8) is 0 Å². The van der Waals surface area contributed by atoms with Crippen LogP contribution >= 0.6 is 0 Å². The molecule has 6 nitrogen and oxygen atoms in total. The molecule has 0 saturated carbocycles. The van der Waals surface area contributed by atoms with Gasteiger partial charge in [-0.15, -0.1) is 0 Å². The summed E-state index contributed by atoms with van der Waals surface area (Å²) in [6, 6.07) is 6.53. The van der Waals surface area contributed by atoms with Crippen LogP contribution in [0.5, 0.6) is 0 Å². The molecule has 21 heavy (non-hydrogen) atoms. The fourth-order valence-electron chi connectivity index (χ4n) is 2.23. The van der Waals surface area contributed by atoms with Gasteiger partial charge >= 0.3 is 0 Å². The third-order valence-electron chi connectivity index (χ3n) is 3.37. The average Bonchev–Trinajstić information content (AvgIpc) is 2.83. The van der Waals surface area contributed by atoms with E-state index in [1.54, 1.807) is 30.5 Å². The van der Waals surface area contributed by atoms with Crippen LogP contribution in [0.2, 0.25) is 0 Å². The second-order valence-electron chi connectivity index (χ2n) is 4.89. The number of sulfonamides is 1. The molecule has 0 aliphatic rings. The first-order chi connectivity index (χ1) is 9.93. The monoisotopic (exact) mass is 303 g/mol. The van der Waals surface area contributed by atoms with Crippen molar-refractivity contribution in [3.05, 3.63) is 36.2 Å². The summed E-state index contributed by atoms with van der Waals surface area (Å²) in [4.78, 5) is 18.2. The summed E-state index contributed by atoms with van der Waals surface area (Å²) in [5.41, 5.74) is 1.87. The number of hydrogen-bond acceptors (Lipinski definition) is 4. The third kappa shape index (κ3) is 2.10. The highest BCUT2D eigenvalue weighted by atomic mass is 32.2. The Hall–Kier alpha value is -2.25. The number of carbonyl (C=O) groups is 1. The maximum absolute atomic E-state index is 12.2. The highest BCUT2D eigenvalue weighted by Crippen LogP contribution is 2.28. The molecule has 7 heteroatoms. The van der Waals surface area contributed by atoms with E-state index in [9.17, 15) is 13.2 Å². The fraction of sp³-hybridized carbons (Fsp3) is 0.143. The van der Waals surface area contributed by atoms with Crippen molar-refractivity contribution >= 4 is 38.1 Å². The van der Waals surface area contributed by atoms with E-state index in [-0.39, 0.29) is 4.90 Å². The number of benzene rings is 1. The van der Waals surface area contributed by atoms with E-state index in [0.29, 0.717) is 12.0 Å². The molecule has 1 aromatic carbocycles. The maximum atomic E-state index is 12.2. The normalized spacial score (nSPS) is 12.3. The Morgan fingerprint density at radius 1 is 1.14 bits per heavy atom. The van der Waals surface area contributed by atoms with Gasteiger partial charge in [0, 0.05) is 30.4 Å². The number of aromatic nitrogens is 2. The zero-order valence-corrected chi connectivity index (χ0v) is 12.3. The van der Waals surface area contributed by atoms with Gasteiger partial charge in [-0.3, -0.25) is 9.78 Å². The first kappa shape index (κ1) is 13.7. The van der Waals surface area contributed by atoms with Crippen LogP contribution in [0, 0.1) is 0 Å². The van der Waals surface area contributed by atoms with Crippen molar-refractivity contribution < 1.29 is 13.2 Å². The summed E-state index contributed by atoms with van der Waals surface area (Å²) >= 11 is 0. The number of nitrogens with one attached hydrogen (secondary N) is 1. The Bertz CT molecular complexity index is 958. The first-order valence-corrected chi connectivity index (χ1v) is 7.66. The van der Waals surface area contributed by atoms with Crippen molar-refractivity contribution in [2.75, 3.05) is 14.1 Å². The second kappa shape index (κ2) is 4.64. The van der Waals surface area contributed by atoms with Gasteiger partial charge in [-0.1, -0.05) is 0 Å². The predicted octanol–water partition coefficient (Wildman–Crippen LogP) is 1.78. The van der Waals surface area contributed by atoms with Gasteiger partial charge < -0.3 is 4.98 Å². The molecule has 0 bridgehead atoms. The number of fused-ring (bicyclic) bond motifs is 3. The molecule has 0 fully saturated rings. The van der Waals surface area contributed by atoms with Crippen LogP contribution in [0.4, 0.5) is 0 Å². The third-order valence-corrected chi connectivity index (χ3v) is 5.19. The summed E-state index contributed by atoms with van der Waals surface area (Å²) in [6.45, 7) is 0. The van der Waals surface area contributed by atoms with E-state index in [1.165, 1.54) is 18.4 Å². The number of aromatic amines is 1. The first-order valence-electron chi connectivity index (χ1n) is 6.22. The van der Waals surface area contributed by atoms with Crippen LogP contribution in [-0.2, 0) is 10.0 Å². The molecule has 0 radical (unpaired) electrons. The van der Waals surface area contributed by atoms with Gasteiger partial charge in [0.1, 0.15) is 5.69 Å². The second-order valence-corrected chi connectivity index (χ2v) is 7.04. The summed E-state index contributed by atoms with van der Waals surface area (Å²) in [5, 5.41) is 1.52. The lowest BCUT2D eigenvalue weighted by atomic mass is 10.2. The van der Waals surface area contributed by atoms with Gasteiger partial charge in [0.2, 0.25) is 10.0 Å². The van der Waals surface area contributed by atoms with E-state index >= 15 is 0 Å². The van der Waals surface area contributed by atoms with Crippen molar-refractivity contribution in [3.8, 4) is 0 Å². The molecule has 0 aliphatic heterocycles. The zero-order chi connectivity index (χ0) is 15.2. The minimum absolute atomic E-state index is 0.213. The molecule has 0 saturated heterocycles. The molecule has 2 aromatic heterocycles. The van der Waals surface area contributed by atoms with Crippen LogP contribution in [0.1, 0.15) is 10.5 Å². The SMILES string of the molecule is CN(C)S(=O)(=O)c1ccc2[nH]c3cnc(C=O)cc3c2c1. The summed E-state index contributed by atoms with van der Waals surface area (Å²) < 4.78 is 25.6. The largest absolute Gasteiger partial charge is 0.353 e. The molecule has 0 unspecified atom stereocenters. The van der Waals surface area contributed by atoms with Gasteiger partial charge in [-0.2, -0.15) is 0 Å². The highest BCUT2D eigenvalue weighted by Gasteiger charge is 2.18. The summed E-state index contributed by atoms with van der Waals surface area (Å²) in [6.07, 6.45) is 2.23. The zero-order valence-electron chi connectivity index (χ0n) is 11.5.